The summed E-state index contributed by atoms with van der Waals surface area (Å²) in [4.78, 5) is 37.9. The molecule has 0 saturated carbocycles. The average molecular weight is 382 g/mol. The second-order valence-electron chi connectivity index (χ2n) is 5.67. The van der Waals surface area contributed by atoms with Gasteiger partial charge in [0.1, 0.15) is 12.1 Å². The number of halogens is 1. The van der Waals surface area contributed by atoms with Crippen molar-refractivity contribution in [3.8, 4) is 0 Å². The number of nitrogens with zero attached hydrogens (tertiary/aromatic N) is 1. The highest BCUT2D eigenvalue weighted by atomic mass is 79.9. The van der Waals surface area contributed by atoms with E-state index in [4.69, 9.17) is 5.11 Å². The van der Waals surface area contributed by atoms with E-state index in [9.17, 15) is 14.4 Å². The van der Waals surface area contributed by atoms with Crippen molar-refractivity contribution < 1.29 is 19.5 Å². The summed E-state index contributed by atoms with van der Waals surface area (Å²) in [6.45, 7) is -0.157. The van der Waals surface area contributed by atoms with Crippen LogP contribution < -0.4 is 10.6 Å². The molecule has 2 aliphatic heterocycles. The van der Waals surface area contributed by atoms with Crippen molar-refractivity contribution in [2.45, 2.75) is 24.5 Å². The number of carbonyl (C=O) groups is 3. The Kier molecular flexibility index (Phi) is 4.36. The Labute approximate surface area is 141 Å². The molecule has 0 unspecified atom stereocenters. The summed E-state index contributed by atoms with van der Waals surface area (Å²) >= 11 is 3.31. The molecule has 0 bridgehead atoms. The maximum absolute atomic E-state index is 12.3. The van der Waals surface area contributed by atoms with Crippen molar-refractivity contribution in [1.29, 1.82) is 0 Å². The maximum Gasteiger partial charge on any atom is 0.251 e. The van der Waals surface area contributed by atoms with Crippen LogP contribution in [0, 0.1) is 0 Å². The summed E-state index contributed by atoms with van der Waals surface area (Å²) in [6.07, 6.45) is 0.371. The highest BCUT2D eigenvalue weighted by molar-refractivity contribution is 9.10. The molecule has 3 N–H and O–H groups in total. The number of fused-ring (bicyclic) bond motifs is 1. The minimum absolute atomic E-state index is 0.247. The lowest BCUT2D eigenvalue weighted by atomic mass is 10.1. The average Bonchev–Trinajstić information content (AvgIpc) is 2.95. The van der Waals surface area contributed by atoms with Crippen molar-refractivity contribution in [2.75, 3.05) is 13.2 Å². The summed E-state index contributed by atoms with van der Waals surface area (Å²) in [5.74, 6) is -0.845. The molecule has 0 aliphatic carbocycles. The first-order chi connectivity index (χ1) is 11.0. The van der Waals surface area contributed by atoms with Crippen LogP contribution in [0.1, 0.15) is 16.8 Å². The van der Waals surface area contributed by atoms with Crippen molar-refractivity contribution >= 4 is 33.7 Å². The Morgan fingerprint density at radius 3 is 2.91 bits per heavy atom. The van der Waals surface area contributed by atoms with Gasteiger partial charge in [0.2, 0.25) is 11.8 Å². The van der Waals surface area contributed by atoms with Crippen LogP contribution in [-0.2, 0) is 9.59 Å². The number of aliphatic hydroxyl groups is 1. The first-order valence-corrected chi connectivity index (χ1v) is 8.07. The molecule has 7 nitrogen and oxygen atoms in total. The summed E-state index contributed by atoms with van der Waals surface area (Å²) < 4.78 is 0.800. The number of amides is 3. The number of hydrogen-bond donors (Lipinski definition) is 3. The van der Waals surface area contributed by atoms with Crippen LogP contribution in [0.5, 0.6) is 0 Å². The monoisotopic (exact) mass is 381 g/mol. The Balaban J connectivity index is 1.69. The molecule has 0 aromatic heterocycles. The SMILES string of the molecule is O=C(N[C@H]1C[C@H]2C(=O)N[C@H](CO)C(=O)N2C1)c1cccc(Br)c1. The van der Waals surface area contributed by atoms with Gasteiger partial charge in [-0.15, -0.1) is 0 Å². The van der Waals surface area contributed by atoms with Crippen LogP contribution in [0.15, 0.2) is 28.7 Å². The minimum Gasteiger partial charge on any atom is -0.394 e. The van der Waals surface area contributed by atoms with E-state index >= 15 is 0 Å². The van der Waals surface area contributed by atoms with E-state index in [1.54, 1.807) is 18.2 Å². The van der Waals surface area contributed by atoms with Crippen LogP contribution in [0.3, 0.4) is 0 Å². The Bertz CT molecular complexity index is 666. The molecule has 8 heteroatoms. The van der Waals surface area contributed by atoms with Crippen LogP contribution in [-0.4, -0.2) is 59.0 Å². The minimum atomic E-state index is -0.890. The third kappa shape index (κ3) is 3.09. The number of hydrogen-bond acceptors (Lipinski definition) is 4. The topological polar surface area (TPSA) is 98.7 Å². The molecule has 122 valence electrons. The van der Waals surface area contributed by atoms with Gasteiger partial charge in [-0.1, -0.05) is 22.0 Å². The number of rotatable bonds is 3. The second kappa shape index (κ2) is 6.29. The smallest absolute Gasteiger partial charge is 0.251 e. The summed E-state index contributed by atoms with van der Waals surface area (Å²) in [6, 6.07) is 5.22. The van der Waals surface area contributed by atoms with Crippen LogP contribution in [0.25, 0.3) is 0 Å². The molecule has 3 rings (SSSR count). The number of aliphatic hydroxyl groups excluding tert-OH is 1. The van der Waals surface area contributed by atoms with Gasteiger partial charge < -0.3 is 20.6 Å². The van der Waals surface area contributed by atoms with Crippen molar-refractivity contribution in [3.05, 3.63) is 34.3 Å². The predicted molar refractivity (Wildman–Crippen MR) is 84.5 cm³/mol. The molecular weight excluding hydrogens is 366 g/mol. The molecule has 0 radical (unpaired) electrons. The lowest BCUT2D eigenvalue weighted by Crippen LogP contribution is -2.62. The van der Waals surface area contributed by atoms with Crippen LogP contribution in [0.4, 0.5) is 0 Å². The molecule has 0 spiro atoms. The lowest BCUT2D eigenvalue weighted by Gasteiger charge is -2.33. The van der Waals surface area contributed by atoms with Crippen molar-refractivity contribution in [1.82, 2.24) is 15.5 Å². The van der Waals surface area contributed by atoms with E-state index in [1.165, 1.54) is 4.90 Å². The number of piperazine rings is 1. The van der Waals surface area contributed by atoms with Gasteiger partial charge in [-0.25, -0.2) is 0 Å². The number of nitrogens with one attached hydrogen (secondary N) is 2. The molecule has 2 heterocycles. The van der Waals surface area contributed by atoms with Gasteiger partial charge in [-0.2, -0.15) is 0 Å². The van der Waals surface area contributed by atoms with E-state index in [0.717, 1.165) is 4.47 Å². The molecule has 2 saturated heterocycles. The lowest BCUT2D eigenvalue weighted by molar-refractivity contribution is -0.148. The van der Waals surface area contributed by atoms with E-state index in [0.29, 0.717) is 12.0 Å². The van der Waals surface area contributed by atoms with Gasteiger partial charge in [-0.3, -0.25) is 14.4 Å². The molecule has 2 aliphatic rings. The predicted octanol–water partition coefficient (Wildman–Crippen LogP) is -0.361. The molecular formula is C15H16BrN3O4. The van der Waals surface area contributed by atoms with Gasteiger partial charge in [-0.05, 0) is 24.6 Å². The van der Waals surface area contributed by atoms with Gasteiger partial charge in [0.15, 0.2) is 0 Å². The van der Waals surface area contributed by atoms with Crippen LogP contribution >= 0.6 is 15.9 Å². The zero-order valence-electron chi connectivity index (χ0n) is 12.2. The zero-order valence-corrected chi connectivity index (χ0v) is 13.7. The normalized spacial score (nSPS) is 26.7. The molecule has 3 amide bonds. The summed E-state index contributed by atoms with van der Waals surface area (Å²) in [5.41, 5.74) is 0.508. The van der Waals surface area contributed by atoms with E-state index in [2.05, 4.69) is 26.6 Å². The van der Waals surface area contributed by atoms with Crippen LogP contribution in [0.2, 0.25) is 0 Å². The fourth-order valence-corrected chi connectivity index (χ4v) is 3.38. The number of benzene rings is 1. The third-order valence-corrected chi connectivity index (χ3v) is 4.60. The Morgan fingerprint density at radius 1 is 1.43 bits per heavy atom. The highest BCUT2D eigenvalue weighted by Crippen LogP contribution is 2.23. The third-order valence-electron chi connectivity index (χ3n) is 4.11. The summed E-state index contributed by atoms with van der Waals surface area (Å²) in [5, 5.41) is 14.5. The fraction of sp³-hybridized carbons (Fsp3) is 0.400. The fourth-order valence-electron chi connectivity index (χ4n) is 2.98. The zero-order chi connectivity index (χ0) is 16.6. The van der Waals surface area contributed by atoms with E-state index in [1.807, 2.05) is 6.07 Å². The molecule has 1 aromatic carbocycles. The molecule has 1 aromatic rings. The van der Waals surface area contributed by atoms with E-state index in [-0.39, 0.29) is 30.3 Å². The quantitative estimate of drug-likeness (QED) is 0.665. The molecule has 23 heavy (non-hydrogen) atoms. The van der Waals surface area contributed by atoms with Gasteiger partial charge in [0, 0.05) is 22.6 Å². The largest absolute Gasteiger partial charge is 0.394 e. The Morgan fingerprint density at radius 2 is 2.22 bits per heavy atom. The van der Waals surface area contributed by atoms with E-state index < -0.39 is 18.7 Å². The van der Waals surface area contributed by atoms with Crippen molar-refractivity contribution in [3.63, 3.8) is 0 Å². The van der Waals surface area contributed by atoms with Gasteiger partial charge in [0.25, 0.3) is 5.91 Å². The standard InChI is InChI=1S/C15H16BrN3O4/c16-9-3-1-2-8(4-9)13(21)17-10-5-12-14(22)18-11(7-20)15(23)19(12)6-10/h1-4,10-12,20H,5-7H2,(H,17,21)(H,18,22)/t10-,11+,12-/m0/s1. The van der Waals surface area contributed by atoms with Gasteiger partial charge >= 0.3 is 0 Å². The highest BCUT2D eigenvalue weighted by Gasteiger charge is 2.46. The number of carbonyl (C=O) groups excluding carboxylic acids is 3. The maximum atomic E-state index is 12.3. The summed E-state index contributed by atoms with van der Waals surface area (Å²) in [7, 11) is 0. The molecule has 3 atom stereocenters. The Hall–Kier alpha value is -1.93. The first-order valence-electron chi connectivity index (χ1n) is 7.27. The first kappa shape index (κ1) is 15.9. The molecule has 2 fully saturated rings. The second-order valence-corrected chi connectivity index (χ2v) is 6.58. The van der Waals surface area contributed by atoms with Crippen molar-refractivity contribution in [2.24, 2.45) is 0 Å². The van der Waals surface area contributed by atoms with Gasteiger partial charge in [0.05, 0.1) is 6.61 Å².